The van der Waals surface area contributed by atoms with Gasteiger partial charge in [0.05, 0.1) is 0 Å². The number of alkyl halides is 1. The molecule has 0 spiro atoms. The van der Waals surface area contributed by atoms with Crippen LogP contribution in [0.5, 0.6) is 0 Å². The molecule has 0 amide bonds. The third-order valence-electron chi connectivity index (χ3n) is 1.11. The lowest BCUT2D eigenvalue weighted by Gasteiger charge is -1.86. The highest BCUT2D eigenvalue weighted by Crippen LogP contribution is 2.17. The van der Waals surface area contributed by atoms with E-state index in [1.165, 1.54) is 10.4 Å². The normalized spacial score (nSPS) is 9.75. The third-order valence-corrected chi connectivity index (χ3v) is 2.82. The molecular weight excluding hydrogens is 231 g/mol. The van der Waals surface area contributed by atoms with Crippen molar-refractivity contribution in [2.24, 2.45) is 0 Å². The molecule has 1 aromatic heterocycles. The number of thiophene rings is 1. The van der Waals surface area contributed by atoms with Crippen molar-refractivity contribution in [1.82, 2.24) is 0 Å². The van der Waals surface area contributed by atoms with Gasteiger partial charge in [-0.3, -0.25) is 0 Å². The summed E-state index contributed by atoms with van der Waals surface area (Å²) in [5, 5.41) is 2.14. The molecular formula is C6H7IS. The molecule has 0 saturated heterocycles. The topological polar surface area (TPSA) is 0 Å². The van der Waals surface area contributed by atoms with E-state index in [-0.39, 0.29) is 0 Å². The van der Waals surface area contributed by atoms with Crippen molar-refractivity contribution in [3.63, 3.8) is 0 Å². The Balaban J connectivity index is 2.92. The van der Waals surface area contributed by atoms with Gasteiger partial charge in [-0.25, -0.2) is 0 Å². The van der Waals surface area contributed by atoms with Crippen molar-refractivity contribution in [2.75, 3.05) is 0 Å². The predicted molar refractivity (Wildman–Crippen MR) is 46.8 cm³/mol. The SMILES string of the molecule is Cc1sccc1CI. The summed E-state index contributed by atoms with van der Waals surface area (Å²) in [5.74, 6) is 0. The maximum absolute atomic E-state index is 2.38. The van der Waals surface area contributed by atoms with Gasteiger partial charge in [-0.15, -0.1) is 11.3 Å². The molecule has 0 aliphatic rings. The molecule has 1 aromatic rings. The second kappa shape index (κ2) is 2.82. The van der Waals surface area contributed by atoms with E-state index < -0.39 is 0 Å². The van der Waals surface area contributed by atoms with E-state index in [0.29, 0.717) is 0 Å². The lowest BCUT2D eigenvalue weighted by atomic mass is 10.3. The van der Waals surface area contributed by atoms with Gasteiger partial charge in [0.25, 0.3) is 0 Å². The average molecular weight is 238 g/mol. The highest BCUT2D eigenvalue weighted by atomic mass is 127. The highest BCUT2D eigenvalue weighted by Gasteiger charge is 1.93. The number of halogens is 1. The van der Waals surface area contributed by atoms with E-state index >= 15 is 0 Å². The van der Waals surface area contributed by atoms with Gasteiger partial charge in [0.15, 0.2) is 0 Å². The zero-order valence-corrected chi connectivity index (χ0v) is 7.62. The molecule has 8 heavy (non-hydrogen) atoms. The number of hydrogen-bond donors (Lipinski definition) is 0. The maximum Gasteiger partial charge on any atom is 0.0258 e. The van der Waals surface area contributed by atoms with Crippen molar-refractivity contribution in [3.8, 4) is 0 Å². The summed E-state index contributed by atoms with van der Waals surface area (Å²) < 4.78 is 1.15. The van der Waals surface area contributed by atoms with Crippen molar-refractivity contribution < 1.29 is 0 Å². The molecule has 0 N–H and O–H groups in total. The van der Waals surface area contributed by atoms with Crippen molar-refractivity contribution in [2.45, 2.75) is 11.4 Å². The van der Waals surface area contributed by atoms with Crippen molar-refractivity contribution >= 4 is 33.9 Å². The molecule has 2 heteroatoms. The average Bonchev–Trinajstić information content (AvgIpc) is 2.14. The van der Waals surface area contributed by atoms with Crippen LogP contribution in [0.1, 0.15) is 10.4 Å². The van der Waals surface area contributed by atoms with E-state index in [2.05, 4.69) is 41.0 Å². The second-order valence-electron chi connectivity index (χ2n) is 1.64. The third kappa shape index (κ3) is 1.23. The summed E-state index contributed by atoms with van der Waals surface area (Å²) in [6, 6.07) is 2.19. The van der Waals surface area contributed by atoms with Gasteiger partial charge in [0.2, 0.25) is 0 Å². The summed E-state index contributed by atoms with van der Waals surface area (Å²) in [4.78, 5) is 1.46. The van der Waals surface area contributed by atoms with Crippen molar-refractivity contribution in [3.05, 3.63) is 21.9 Å². The first-order valence-electron chi connectivity index (χ1n) is 2.43. The van der Waals surface area contributed by atoms with E-state index in [1.54, 1.807) is 0 Å². The molecule has 0 nitrogen and oxygen atoms in total. The standard InChI is InChI=1S/C6H7IS/c1-5-6(4-7)2-3-8-5/h2-3H,4H2,1H3. The largest absolute Gasteiger partial charge is 0.149 e. The van der Waals surface area contributed by atoms with Crippen LogP contribution in [0.15, 0.2) is 11.4 Å². The van der Waals surface area contributed by atoms with Crippen LogP contribution in [-0.2, 0) is 4.43 Å². The minimum absolute atomic E-state index is 1.15. The zero-order valence-electron chi connectivity index (χ0n) is 4.65. The minimum Gasteiger partial charge on any atom is -0.149 e. The smallest absolute Gasteiger partial charge is 0.0258 e. The van der Waals surface area contributed by atoms with Gasteiger partial charge in [-0.05, 0) is 23.9 Å². The van der Waals surface area contributed by atoms with Gasteiger partial charge in [-0.2, -0.15) is 0 Å². The monoisotopic (exact) mass is 238 g/mol. The molecule has 1 rings (SSSR count). The first-order chi connectivity index (χ1) is 3.84. The molecule has 0 fully saturated rings. The van der Waals surface area contributed by atoms with Gasteiger partial charge < -0.3 is 0 Å². The summed E-state index contributed by atoms with van der Waals surface area (Å²) in [7, 11) is 0. The Morgan fingerprint density at radius 1 is 1.75 bits per heavy atom. The molecule has 1 heterocycles. The Kier molecular flexibility index (Phi) is 2.31. The Morgan fingerprint density at radius 3 is 2.75 bits per heavy atom. The van der Waals surface area contributed by atoms with Crippen LogP contribution in [0.3, 0.4) is 0 Å². The summed E-state index contributed by atoms with van der Waals surface area (Å²) in [6.45, 7) is 2.17. The lowest BCUT2D eigenvalue weighted by Crippen LogP contribution is -1.70. The van der Waals surface area contributed by atoms with E-state index in [1.807, 2.05) is 11.3 Å². The number of hydrogen-bond acceptors (Lipinski definition) is 1. The molecule has 0 atom stereocenters. The fourth-order valence-corrected chi connectivity index (χ4v) is 2.36. The number of aryl methyl sites for hydroxylation is 1. The highest BCUT2D eigenvalue weighted by molar-refractivity contribution is 14.1. The van der Waals surface area contributed by atoms with Gasteiger partial charge in [0, 0.05) is 9.30 Å². The minimum atomic E-state index is 1.15. The first kappa shape index (κ1) is 6.55. The lowest BCUT2D eigenvalue weighted by molar-refractivity contribution is 1.43. The molecule has 44 valence electrons. The Labute approximate surface area is 67.1 Å². The fraction of sp³-hybridized carbons (Fsp3) is 0.333. The maximum atomic E-state index is 2.38. The van der Waals surface area contributed by atoms with Crippen LogP contribution in [0, 0.1) is 6.92 Å². The van der Waals surface area contributed by atoms with Crippen LogP contribution >= 0.6 is 33.9 Å². The summed E-state index contributed by atoms with van der Waals surface area (Å²) >= 11 is 4.21. The summed E-state index contributed by atoms with van der Waals surface area (Å²) in [5.41, 5.74) is 1.48. The predicted octanol–water partition coefficient (Wildman–Crippen LogP) is 2.99. The summed E-state index contributed by atoms with van der Waals surface area (Å²) in [6.07, 6.45) is 0. The van der Waals surface area contributed by atoms with Crippen LogP contribution in [-0.4, -0.2) is 0 Å². The molecule has 0 saturated carbocycles. The van der Waals surface area contributed by atoms with Gasteiger partial charge in [-0.1, -0.05) is 22.6 Å². The molecule has 0 aliphatic heterocycles. The zero-order chi connectivity index (χ0) is 5.98. The Bertz CT molecular complexity index is 169. The van der Waals surface area contributed by atoms with Crippen LogP contribution in [0.4, 0.5) is 0 Å². The first-order valence-corrected chi connectivity index (χ1v) is 4.84. The second-order valence-corrected chi connectivity index (χ2v) is 3.52. The van der Waals surface area contributed by atoms with Crippen LogP contribution in [0.25, 0.3) is 0 Å². The fourth-order valence-electron chi connectivity index (χ4n) is 0.550. The Hall–Kier alpha value is 0.430. The Morgan fingerprint density at radius 2 is 2.50 bits per heavy atom. The van der Waals surface area contributed by atoms with Crippen LogP contribution < -0.4 is 0 Å². The molecule has 0 bridgehead atoms. The van der Waals surface area contributed by atoms with Crippen LogP contribution in [0.2, 0.25) is 0 Å². The number of rotatable bonds is 1. The molecule has 0 aliphatic carbocycles. The van der Waals surface area contributed by atoms with E-state index in [4.69, 9.17) is 0 Å². The quantitative estimate of drug-likeness (QED) is 0.521. The van der Waals surface area contributed by atoms with Gasteiger partial charge in [0.1, 0.15) is 0 Å². The molecule has 0 radical (unpaired) electrons. The van der Waals surface area contributed by atoms with E-state index in [9.17, 15) is 0 Å². The van der Waals surface area contributed by atoms with Crippen molar-refractivity contribution in [1.29, 1.82) is 0 Å². The molecule has 0 aromatic carbocycles. The van der Waals surface area contributed by atoms with Gasteiger partial charge >= 0.3 is 0 Å². The molecule has 0 unspecified atom stereocenters. The van der Waals surface area contributed by atoms with E-state index in [0.717, 1.165) is 4.43 Å².